The minimum absolute atomic E-state index is 0.286. The van der Waals surface area contributed by atoms with E-state index in [9.17, 15) is 9.59 Å². The molecule has 0 aliphatic carbocycles. The Morgan fingerprint density at radius 3 is 2.68 bits per heavy atom. The SMILES string of the molecule is COc1cc(C=CC(=O)N=[N+]=[N-])ccc1OC(C)=O. The molecule has 0 N–H and O–H groups in total. The second-order valence-electron chi connectivity index (χ2n) is 3.36. The van der Waals surface area contributed by atoms with Crippen LogP contribution in [0.3, 0.4) is 0 Å². The van der Waals surface area contributed by atoms with E-state index in [4.69, 9.17) is 15.0 Å². The highest BCUT2D eigenvalue weighted by Gasteiger charge is 2.07. The topological polar surface area (TPSA) is 101 Å². The van der Waals surface area contributed by atoms with Crippen LogP contribution in [0.15, 0.2) is 29.4 Å². The highest BCUT2D eigenvalue weighted by molar-refractivity contribution is 5.92. The molecule has 7 nitrogen and oxygen atoms in total. The minimum atomic E-state index is -0.703. The number of nitrogens with zero attached hydrogens (tertiary/aromatic N) is 3. The number of ether oxygens (including phenoxy) is 2. The second kappa shape index (κ2) is 6.83. The van der Waals surface area contributed by atoms with Gasteiger partial charge in [0.1, 0.15) is 0 Å². The summed E-state index contributed by atoms with van der Waals surface area (Å²) < 4.78 is 10.00. The molecule has 0 aromatic heterocycles. The summed E-state index contributed by atoms with van der Waals surface area (Å²) >= 11 is 0. The van der Waals surface area contributed by atoms with Crippen LogP contribution in [-0.2, 0) is 9.59 Å². The Hall–Kier alpha value is -2.79. The third-order valence-electron chi connectivity index (χ3n) is 2.00. The van der Waals surface area contributed by atoms with E-state index in [2.05, 4.69) is 10.0 Å². The lowest BCUT2D eigenvalue weighted by molar-refractivity contribution is -0.132. The van der Waals surface area contributed by atoms with Crippen molar-refractivity contribution in [1.82, 2.24) is 0 Å². The van der Waals surface area contributed by atoms with E-state index in [-0.39, 0.29) is 5.75 Å². The van der Waals surface area contributed by atoms with Gasteiger partial charge in [0.05, 0.1) is 7.11 Å². The summed E-state index contributed by atoms with van der Waals surface area (Å²) in [4.78, 5) is 24.2. The van der Waals surface area contributed by atoms with Crippen molar-refractivity contribution in [3.8, 4) is 11.5 Å². The molecule has 1 amide bonds. The van der Waals surface area contributed by atoms with E-state index >= 15 is 0 Å². The zero-order chi connectivity index (χ0) is 14.3. The fourth-order valence-corrected chi connectivity index (χ4v) is 1.27. The first-order valence-corrected chi connectivity index (χ1v) is 5.20. The fourth-order valence-electron chi connectivity index (χ4n) is 1.27. The first kappa shape index (κ1) is 14.3. The van der Waals surface area contributed by atoms with Gasteiger partial charge in [-0.3, -0.25) is 9.59 Å². The van der Waals surface area contributed by atoms with Gasteiger partial charge in [0.2, 0.25) is 5.91 Å². The lowest BCUT2D eigenvalue weighted by atomic mass is 10.2. The maximum Gasteiger partial charge on any atom is 0.308 e. The number of carbonyl (C=O) groups excluding carboxylic acids is 2. The second-order valence-corrected chi connectivity index (χ2v) is 3.36. The van der Waals surface area contributed by atoms with Gasteiger partial charge in [-0.15, -0.1) is 0 Å². The summed E-state index contributed by atoms with van der Waals surface area (Å²) in [5.74, 6) is -0.521. The first-order valence-electron chi connectivity index (χ1n) is 5.20. The molecule has 0 aliphatic heterocycles. The van der Waals surface area contributed by atoms with Crippen LogP contribution < -0.4 is 9.47 Å². The lowest BCUT2D eigenvalue weighted by Crippen LogP contribution is -2.03. The minimum Gasteiger partial charge on any atom is -0.493 e. The summed E-state index contributed by atoms with van der Waals surface area (Å²) in [7, 11) is 1.43. The van der Waals surface area contributed by atoms with Gasteiger partial charge < -0.3 is 9.47 Å². The summed E-state index contributed by atoms with van der Waals surface area (Å²) in [5, 5.41) is 2.89. The highest BCUT2D eigenvalue weighted by atomic mass is 16.6. The smallest absolute Gasteiger partial charge is 0.308 e. The van der Waals surface area contributed by atoms with Crippen LogP contribution in [0.1, 0.15) is 12.5 Å². The summed E-state index contributed by atoms with van der Waals surface area (Å²) in [5.41, 5.74) is 8.71. The molecule has 98 valence electrons. The molecule has 0 unspecified atom stereocenters. The number of esters is 1. The maximum atomic E-state index is 11.0. The Bertz CT molecular complexity index is 574. The zero-order valence-corrected chi connectivity index (χ0v) is 10.4. The Balaban J connectivity index is 2.96. The molecule has 0 saturated carbocycles. The van der Waals surface area contributed by atoms with Crippen molar-refractivity contribution in [3.63, 3.8) is 0 Å². The summed E-state index contributed by atoms with van der Waals surface area (Å²) in [6.07, 6.45) is 2.58. The fraction of sp³-hybridized carbons (Fsp3) is 0.167. The van der Waals surface area contributed by atoms with Crippen molar-refractivity contribution in [3.05, 3.63) is 40.3 Å². The molecule has 0 atom stereocenters. The number of rotatable bonds is 4. The van der Waals surface area contributed by atoms with E-state index in [1.807, 2.05) is 0 Å². The van der Waals surface area contributed by atoms with Crippen molar-refractivity contribution in [2.75, 3.05) is 7.11 Å². The van der Waals surface area contributed by atoms with Crippen LogP contribution in [0.5, 0.6) is 11.5 Å². The number of carbonyl (C=O) groups is 2. The molecule has 0 bridgehead atoms. The largest absolute Gasteiger partial charge is 0.493 e. The quantitative estimate of drug-likeness (QED) is 0.207. The average molecular weight is 261 g/mol. The molecule has 19 heavy (non-hydrogen) atoms. The van der Waals surface area contributed by atoms with E-state index in [0.29, 0.717) is 11.3 Å². The van der Waals surface area contributed by atoms with Crippen molar-refractivity contribution in [2.24, 2.45) is 5.11 Å². The molecule has 0 radical (unpaired) electrons. The van der Waals surface area contributed by atoms with Crippen LogP contribution >= 0.6 is 0 Å². The summed E-state index contributed by atoms with van der Waals surface area (Å²) in [6, 6.07) is 4.75. The van der Waals surface area contributed by atoms with Crippen LogP contribution in [0, 0.1) is 0 Å². The molecule has 0 spiro atoms. The molecule has 1 aromatic rings. The monoisotopic (exact) mass is 261 g/mol. The molecule has 7 heteroatoms. The van der Waals surface area contributed by atoms with Crippen LogP contribution in [-0.4, -0.2) is 19.0 Å². The molecule has 0 aliphatic rings. The maximum absolute atomic E-state index is 11.0. The summed E-state index contributed by atoms with van der Waals surface area (Å²) in [6.45, 7) is 1.28. The van der Waals surface area contributed by atoms with Crippen molar-refractivity contribution in [2.45, 2.75) is 6.92 Å². The Labute approximate surface area is 109 Å². The van der Waals surface area contributed by atoms with Gasteiger partial charge in [-0.1, -0.05) is 12.1 Å². The molecule has 1 rings (SSSR count). The van der Waals surface area contributed by atoms with E-state index < -0.39 is 11.9 Å². The number of azide groups is 1. The van der Waals surface area contributed by atoms with E-state index in [0.717, 1.165) is 6.08 Å². The van der Waals surface area contributed by atoms with Crippen LogP contribution in [0.25, 0.3) is 16.5 Å². The van der Waals surface area contributed by atoms with Crippen molar-refractivity contribution >= 4 is 18.0 Å². The van der Waals surface area contributed by atoms with Gasteiger partial charge in [0, 0.05) is 11.8 Å². The molecule has 0 saturated heterocycles. The molecular weight excluding hydrogens is 250 g/mol. The van der Waals surface area contributed by atoms with Gasteiger partial charge in [-0.05, 0) is 34.4 Å². The Kier molecular flexibility index (Phi) is 5.13. The Morgan fingerprint density at radius 2 is 2.11 bits per heavy atom. The number of amides is 1. The molecule has 0 heterocycles. The van der Waals surface area contributed by atoms with Gasteiger partial charge in [0.25, 0.3) is 0 Å². The zero-order valence-electron chi connectivity index (χ0n) is 10.4. The van der Waals surface area contributed by atoms with Gasteiger partial charge >= 0.3 is 5.97 Å². The predicted octanol–water partition coefficient (Wildman–Crippen LogP) is 2.47. The van der Waals surface area contributed by atoms with Crippen molar-refractivity contribution in [1.29, 1.82) is 0 Å². The predicted molar refractivity (Wildman–Crippen MR) is 67.5 cm³/mol. The number of hydrogen-bond acceptors (Lipinski definition) is 4. The molecular formula is C12H11N3O4. The van der Waals surface area contributed by atoms with Crippen LogP contribution in [0.4, 0.5) is 0 Å². The normalized spacial score (nSPS) is 9.79. The Morgan fingerprint density at radius 1 is 1.37 bits per heavy atom. The van der Waals surface area contributed by atoms with Crippen LogP contribution in [0.2, 0.25) is 0 Å². The van der Waals surface area contributed by atoms with Gasteiger partial charge in [0.15, 0.2) is 11.5 Å². The number of benzene rings is 1. The van der Waals surface area contributed by atoms with Crippen molar-refractivity contribution < 1.29 is 19.1 Å². The average Bonchev–Trinajstić information content (AvgIpc) is 2.37. The molecule has 1 aromatic carbocycles. The van der Waals surface area contributed by atoms with E-state index in [1.165, 1.54) is 26.2 Å². The standard InChI is InChI=1S/C12H11N3O4/c1-8(16)19-10-5-3-9(7-11(10)18-2)4-6-12(17)14-15-13/h3-7H,1-2H3. The van der Waals surface area contributed by atoms with Gasteiger partial charge in [-0.2, -0.15) is 0 Å². The lowest BCUT2D eigenvalue weighted by Gasteiger charge is -2.08. The highest BCUT2D eigenvalue weighted by Crippen LogP contribution is 2.28. The molecule has 0 fully saturated rings. The number of methoxy groups -OCH3 is 1. The van der Waals surface area contributed by atoms with Gasteiger partial charge in [-0.25, -0.2) is 0 Å². The first-order chi connectivity index (χ1) is 9.06. The number of hydrogen-bond donors (Lipinski definition) is 0. The third kappa shape index (κ3) is 4.53. The third-order valence-corrected chi connectivity index (χ3v) is 2.00. The van der Waals surface area contributed by atoms with E-state index in [1.54, 1.807) is 12.1 Å².